The number of nitrogens with one attached hydrogen (secondary N) is 1. The van der Waals surface area contributed by atoms with Gasteiger partial charge in [0.15, 0.2) is 0 Å². The van der Waals surface area contributed by atoms with Crippen LogP contribution in [0.2, 0.25) is 0 Å². The van der Waals surface area contributed by atoms with E-state index in [1.165, 1.54) is 0 Å². The summed E-state index contributed by atoms with van der Waals surface area (Å²) in [6.45, 7) is 1.26. The molecule has 0 radical (unpaired) electrons. The predicted molar refractivity (Wildman–Crippen MR) is 99.7 cm³/mol. The SMILES string of the molecule is CN(C)CCCNS(=O)(=O)c1cccc2c(N(C)S)cccc12. The largest absolute Gasteiger partial charge is 0.321 e. The second-order valence-corrected chi connectivity index (χ2v) is 8.04. The molecule has 0 aliphatic carbocycles. The molecular weight excluding hydrogens is 330 g/mol. The number of hydrogen-bond acceptors (Lipinski definition) is 5. The van der Waals surface area contributed by atoms with E-state index in [4.69, 9.17) is 0 Å². The molecule has 5 nitrogen and oxygen atoms in total. The maximum atomic E-state index is 12.6. The molecule has 0 aromatic heterocycles. The lowest BCUT2D eigenvalue weighted by atomic mass is 10.1. The molecule has 0 unspecified atom stereocenters. The third kappa shape index (κ3) is 4.38. The summed E-state index contributed by atoms with van der Waals surface area (Å²) in [5.41, 5.74) is 0.871. The number of fused-ring (bicyclic) bond motifs is 1. The second kappa shape index (κ2) is 7.53. The normalized spacial score (nSPS) is 12.0. The van der Waals surface area contributed by atoms with E-state index in [-0.39, 0.29) is 0 Å². The van der Waals surface area contributed by atoms with Crippen LogP contribution in [0.4, 0.5) is 5.69 Å². The molecule has 2 aromatic rings. The first kappa shape index (κ1) is 18.1. The van der Waals surface area contributed by atoms with Crippen molar-refractivity contribution in [1.29, 1.82) is 0 Å². The molecule has 0 fully saturated rings. The number of benzene rings is 2. The van der Waals surface area contributed by atoms with Gasteiger partial charge in [0.05, 0.1) is 10.6 Å². The Kier molecular flexibility index (Phi) is 5.91. The Morgan fingerprint density at radius 2 is 1.70 bits per heavy atom. The summed E-state index contributed by atoms with van der Waals surface area (Å²) in [7, 11) is 2.21. The summed E-state index contributed by atoms with van der Waals surface area (Å²) in [6, 6.07) is 10.9. The number of sulfonamides is 1. The van der Waals surface area contributed by atoms with Crippen LogP contribution in [0.3, 0.4) is 0 Å². The van der Waals surface area contributed by atoms with Gasteiger partial charge >= 0.3 is 0 Å². The molecule has 0 heterocycles. The van der Waals surface area contributed by atoms with Crippen LogP contribution in [-0.4, -0.2) is 47.6 Å². The van der Waals surface area contributed by atoms with Crippen LogP contribution in [0, 0.1) is 0 Å². The number of thiol groups is 1. The standard InChI is InChI=1S/C16H23N3O2S2/c1-18(2)12-6-11-17-23(20,21)16-10-5-7-13-14(16)8-4-9-15(13)19(3)22/h4-5,7-10,17,22H,6,11-12H2,1-3H3. The van der Waals surface area contributed by atoms with Gasteiger partial charge in [-0.15, -0.1) is 0 Å². The lowest BCUT2D eigenvalue weighted by Gasteiger charge is -2.16. The lowest BCUT2D eigenvalue weighted by Crippen LogP contribution is -2.27. The van der Waals surface area contributed by atoms with Crippen molar-refractivity contribution in [1.82, 2.24) is 9.62 Å². The molecule has 1 N–H and O–H groups in total. The summed E-state index contributed by atoms with van der Waals surface area (Å²) >= 11 is 4.32. The molecule has 0 saturated carbocycles. The van der Waals surface area contributed by atoms with Gasteiger partial charge in [0, 0.05) is 24.4 Å². The minimum Gasteiger partial charge on any atom is -0.321 e. The minimum absolute atomic E-state index is 0.303. The van der Waals surface area contributed by atoms with E-state index in [0.29, 0.717) is 16.8 Å². The average Bonchev–Trinajstić information content (AvgIpc) is 2.50. The first-order valence-electron chi connectivity index (χ1n) is 7.41. The fraction of sp³-hybridized carbons (Fsp3) is 0.375. The van der Waals surface area contributed by atoms with E-state index in [2.05, 4.69) is 17.5 Å². The maximum absolute atomic E-state index is 12.6. The van der Waals surface area contributed by atoms with Gasteiger partial charge < -0.3 is 9.21 Å². The van der Waals surface area contributed by atoms with Crippen molar-refractivity contribution in [3.8, 4) is 0 Å². The van der Waals surface area contributed by atoms with Gasteiger partial charge in [-0.25, -0.2) is 13.1 Å². The highest BCUT2D eigenvalue weighted by atomic mass is 32.2. The zero-order chi connectivity index (χ0) is 17.0. The number of anilines is 1. The summed E-state index contributed by atoms with van der Waals surface area (Å²) < 4.78 is 29.6. The average molecular weight is 354 g/mol. The molecule has 2 rings (SSSR count). The molecule has 0 spiro atoms. The molecule has 0 aliphatic heterocycles. The zero-order valence-corrected chi connectivity index (χ0v) is 15.4. The third-order valence-corrected chi connectivity index (χ3v) is 5.31. The minimum atomic E-state index is -3.54. The topological polar surface area (TPSA) is 52.7 Å². The van der Waals surface area contributed by atoms with Crippen molar-refractivity contribution < 1.29 is 8.42 Å². The molecule has 0 aliphatic rings. The molecule has 126 valence electrons. The van der Waals surface area contributed by atoms with Crippen molar-refractivity contribution in [2.45, 2.75) is 11.3 Å². The van der Waals surface area contributed by atoms with Gasteiger partial charge in [0.1, 0.15) is 0 Å². The molecular formula is C16H23N3O2S2. The van der Waals surface area contributed by atoms with Crippen molar-refractivity contribution >= 4 is 39.3 Å². The lowest BCUT2D eigenvalue weighted by molar-refractivity contribution is 0.400. The molecule has 23 heavy (non-hydrogen) atoms. The van der Waals surface area contributed by atoms with Gasteiger partial charge in [0.2, 0.25) is 10.0 Å². The Labute approximate surface area is 143 Å². The van der Waals surface area contributed by atoms with Gasteiger partial charge in [0.25, 0.3) is 0 Å². The van der Waals surface area contributed by atoms with E-state index in [0.717, 1.165) is 24.0 Å². The Morgan fingerprint density at radius 3 is 2.35 bits per heavy atom. The van der Waals surface area contributed by atoms with E-state index >= 15 is 0 Å². The van der Waals surface area contributed by atoms with E-state index in [1.807, 2.05) is 50.3 Å². The summed E-state index contributed by atoms with van der Waals surface area (Å²) in [4.78, 5) is 2.33. The Bertz CT molecular complexity index is 774. The predicted octanol–water partition coefficient (Wildman–Crippen LogP) is 2.35. The molecule has 0 atom stereocenters. The fourth-order valence-electron chi connectivity index (χ4n) is 2.46. The first-order valence-corrected chi connectivity index (χ1v) is 9.30. The Balaban J connectivity index is 2.34. The van der Waals surface area contributed by atoms with Gasteiger partial charge in [-0.1, -0.05) is 37.1 Å². The quantitative estimate of drug-likeness (QED) is 0.593. The summed E-state index contributed by atoms with van der Waals surface area (Å²) in [5.74, 6) is 0. The highest BCUT2D eigenvalue weighted by Crippen LogP contribution is 2.31. The number of nitrogens with zero attached hydrogens (tertiary/aromatic N) is 2. The fourth-order valence-corrected chi connectivity index (χ4v) is 3.93. The van der Waals surface area contributed by atoms with Crippen LogP contribution in [-0.2, 0) is 10.0 Å². The monoisotopic (exact) mass is 353 g/mol. The Morgan fingerprint density at radius 1 is 1.04 bits per heavy atom. The van der Waals surface area contributed by atoms with Gasteiger partial charge in [-0.3, -0.25) is 0 Å². The van der Waals surface area contributed by atoms with Crippen LogP contribution in [0.5, 0.6) is 0 Å². The van der Waals surface area contributed by atoms with Crippen LogP contribution in [0.15, 0.2) is 41.3 Å². The third-order valence-electron chi connectivity index (χ3n) is 3.57. The van der Waals surface area contributed by atoms with Gasteiger partial charge in [-0.05, 0) is 39.2 Å². The van der Waals surface area contributed by atoms with Crippen LogP contribution >= 0.6 is 12.8 Å². The smallest absolute Gasteiger partial charge is 0.241 e. The van der Waals surface area contributed by atoms with E-state index < -0.39 is 10.0 Å². The summed E-state index contributed by atoms with van der Waals surface area (Å²) in [6.07, 6.45) is 0.765. The van der Waals surface area contributed by atoms with Crippen molar-refractivity contribution in [3.63, 3.8) is 0 Å². The van der Waals surface area contributed by atoms with Gasteiger partial charge in [-0.2, -0.15) is 0 Å². The van der Waals surface area contributed by atoms with Crippen molar-refractivity contribution in [2.24, 2.45) is 0 Å². The van der Waals surface area contributed by atoms with Crippen molar-refractivity contribution in [2.75, 3.05) is 38.5 Å². The Hall–Kier alpha value is -1.28. The second-order valence-electron chi connectivity index (χ2n) is 5.71. The van der Waals surface area contributed by atoms with Crippen LogP contribution in [0.25, 0.3) is 10.8 Å². The molecule has 0 saturated heterocycles. The highest BCUT2D eigenvalue weighted by molar-refractivity contribution is 7.89. The summed E-state index contributed by atoms with van der Waals surface area (Å²) in [5, 5.41) is 1.56. The van der Waals surface area contributed by atoms with Crippen LogP contribution < -0.4 is 9.03 Å². The first-order chi connectivity index (χ1) is 10.8. The molecule has 0 amide bonds. The van der Waals surface area contributed by atoms with E-state index in [9.17, 15) is 8.42 Å². The maximum Gasteiger partial charge on any atom is 0.241 e. The number of rotatable bonds is 7. The highest BCUT2D eigenvalue weighted by Gasteiger charge is 2.18. The zero-order valence-electron chi connectivity index (χ0n) is 13.7. The van der Waals surface area contributed by atoms with Crippen molar-refractivity contribution in [3.05, 3.63) is 36.4 Å². The van der Waals surface area contributed by atoms with E-state index in [1.54, 1.807) is 16.4 Å². The molecule has 7 heteroatoms. The number of hydrogen-bond donors (Lipinski definition) is 2. The van der Waals surface area contributed by atoms with Crippen LogP contribution in [0.1, 0.15) is 6.42 Å². The molecule has 2 aromatic carbocycles. The molecule has 0 bridgehead atoms.